The summed E-state index contributed by atoms with van der Waals surface area (Å²) >= 11 is 0. The van der Waals surface area contributed by atoms with Gasteiger partial charge in [0, 0.05) is 18.6 Å². The molecule has 0 aromatic carbocycles. The molecular weight excluding hydrogens is 151 g/mol. The van der Waals surface area contributed by atoms with Gasteiger partial charge in [0.05, 0.1) is 0 Å². The predicted octanol–water partition coefficient (Wildman–Crippen LogP) is 1.13. The molecule has 0 aromatic heterocycles. The van der Waals surface area contributed by atoms with Gasteiger partial charge in [-0.25, -0.2) is 0 Å². The molecule has 1 saturated heterocycles. The van der Waals surface area contributed by atoms with Crippen LogP contribution in [0.4, 0.5) is 0 Å². The Kier molecular flexibility index (Phi) is 4.58. The van der Waals surface area contributed by atoms with Crippen molar-refractivity contribution in [2.45, 2.75) is 18.9 Å². The number of piperidine rings is 1. The number of hydrogen-bond donors (Lipinski definition) is 0. The van der Waals surface area contributed by atoms with Gasteiger partial charge in [0.25, 0.3) is 0 Å². The Labute approximate surface area is 68.7 Å². The molecule has 9 heavy (non-hydrogen) atoms. The van der Waals surface area contributed by atoms with E-state index in [0.717, 1.165) is 25.9 Å². The Hall–Kier alpha value is 0.504. The van der Waals surface area contributed by atoms with Crippen molar-refractivity contribution in [1.29, 1.82) is 0 Å². The molecule has 0 amide bonds. The molecule has 1 aliphatic rings. The zero-order valence-electron chi connectivity index (χ0n) is 5.80. The summed E-state index contributed by atoms with van der Waals surface area (Å²) in [6.45, 7) is 2.24. The summed E-state index contributed by atoms with van der Waals surface area (Å²) in [5.41, 5.74) is 7.34. The Morgan fingerprint density at radius 2 is 1.78 bits per heavy atom. The third kappa shape index (κ3) is 3.26. The van der Waals surface area contributed by atoms with Gasteiger partial charge >= 0.3 is 0 Å². The molecule has 0 aliphatic carbocycles. The SMILES string of the molecule is CN1CCC([NH-])CC1.[V]. The van der Waals surface area contributed by atoms with E-state index < -0.39 is 0 Å². The molecule has 1 radical (unpaired) electrons. The fraction of sp³-hybridized carbons (Fsp3) is 1.00. The molecule has 1 aliphatic heterocycles. The van der Waals surface area contributed by atoms with Crippen molar-refractivity contribution in [2.75, 3.05) is 20.1 Å². The molecule has 1 heterocycles. The van der Waals surface area contributed by atoms with Gasteiger partial charge in [-0.05, 0) is 20.1 Å². The predicted molar refractivity (Wildman–Crippen MR) is 34.8 cm³/mol. The van der Waals surface area contributed by atoms with Crippen LogP contribution in [0.3, 0.4) is 0 Å². The number of nitrogens with zero attached hydrogens (tertiary/aromatic N) is 1. The second-order valence-electron chi connectivity index (χ2n) is 2.58. The van der Waals surface area contributed by atoms with Crippen LogP contribution in [0.15, 0.2) is 0 Å². The Bertz CT molecular complexity index is 59.5. The number of likely N-dealkylation sites (tertiary alicyclic amines) is 1. The van der Waals surface area contributed by atoms with Crippen molar-refractivity contribution >= 4 is 0 Å². The van der Waals surface area contributed by atoms with Crippen molar-refractivity contribution in [3.63, 3.8) is 0 Å². The van der Waals surface area contributed by atoms with Gasteiger partial charge in [-0.1, -0.05) is 12.8 Å². The summed E-state index contributed by atoms with van der Waals surface area (Å²) in [5, 5.41) is 0. The number of nitrogens with one attached hydrogen (secondary N) is 1. The first-order valence-corrected chi connectivity index (χ1v) is 3.18. The Morgan fingerprint density at radius 1 is 1.33 bits per heavy atom. The molecule has 1 fully saturated rings. The zero-order chi connectivity index (χ0) is 5.98. The van der Waals surface area contributed by atoms with Gasteiger partial charge in [-0.2, -0.15) is 0 Å². The third-order valence-electron chi connectivity index (χ3n) is 1.72. The number of hydrogen-bond acceptors (Lipinski definition) is 1. The van der Waals surface area contributed by atoms with Gasteiger partial charge in [0.2, 0.25) is 0 Å². The molecule has 0 aromatic rings. The summed E-state index contributed by atoms with van der Waals surface area (Å²) in [4.78, 5) is 2.28. The van der Waals surface area contributed by atoms with Crippen molar-refractivity contribution in [3.05, 3.63) is 5.73 Å². The van der Waals surface area contributed by atoms with Crippen LogP contribution < -0.4 is 0 Å². The fourth-order valence-corrected chi connectivity index (χ4v) is 1.01. The quantitative estimate of drug-likeness (QED) is 0.527. The van der Waals surface area contributed by atoms with Crippen molar-refractivity contribution in [1.82, 2.24) is 4.90 Å². The van der Waals surface area contributed by atoms with Gasteiger partial charge in [0.1, 0.15) is 0 Å². The molecule has 0 unspecified atom stereocenters. The average Bonchev–Trinajstić information content (AvgIpc) is 1.77. The maximum atomic E-state index is 7.34. The first kappa shape index (κ1) is 9.50. The van der Waals surface area contributed by atoms with Crippen LogP contribution in [0.25, 0.3) is 5.73 Å². The van der Waals surface area contributed by atoms with Crippen molar-refractivity contribution in [2.24, 2.45) is 0 Å². The van der Waals surface area contributed by atoms with Crippen molar-refractivity contribution in [3.8, 4) is 0 Å². The van der Waals surface area contributed by atoms with E-state index in [4.69, 9.17) is 5.73 Å². The minimum atomic E-state index is 0. The van der Waals surface area contributed by atoms with E-state index in [-0.39, 0.29) is 24.6 Å². The fourth-order valence-electron chi connectivity index (χ4n) is 1.01. The molecule has 0 atom stereocenters. The first-order valence-electron chi connectivity index (χ1n) is 3.18. The van der Waals surface area contributed by atoms with Gasteiger partial charge in [-0.15, -0.1) is 6.04 Å². The first-order chi connectivity index (χ1) is 3.79. The number of rotatable bonds is 0. The molecule has 3 heteroatoms. The topological polar surface area (TPSA) is 27.0 Å². The summed E-state index contributed by atoms with van der Waals surface area (Å²) < 4.78 is 0. The maximum Gasteiger partial charge on any atom is 0 e. The van der Waals surface area contributed by atoms with Crippen LogP contribution in [0, 0.1) is 0 Å². The van der Waals surface area contributed by atoms with Gasteiger partial charge in [-0.3, -0.25) is 0 Å². The smallest absolute Gasteiger partial charge is 0 e. The Morgan fingerprint density at radius 3 is 2.11 bits per heavy atom. The second kappa shape index (κ2) is 4.34. The van der Waals surface area contributed by atoms with E-state index in [1.807, 2.05) is 0 Å². The molecule has 0 bridgehead atoms. The monoisotopic (exact) mass is 164 g/mol. The normalized spacial score (nSPS) is 23.3. The van der Waals surface area contributed by atoms with Crippen LogP contribution in [0.1, 0.15) is 12.8 Å². The second-order valence-corrected chi connectivity index (χ2v) is 2.58. The largest absolute Gasteiger partial charge is 0.675 e. The van der Waals surface area contributed by atoms with Gasteiger partial charge in [0.15, 0.2) is 0 Å². The van der Waals surface area contributed by atoms with Crippen LogP contribution in [0.2, 0.25) is 0 Å². The van der Waals surface area contributed by atoms with E-state index in [2.05, 4.69) is 11.9 Å². The third-order valence-corrected chi connectivity index (χ3v) is 1.72. The van der Waals surface area contributed by atoms with Crippen LogP contribution >= 0.6 is 0 Å². The molecule has 2 nitrogen and oxygen atoms in total. The summed E-state index contributed by atoms with van der Waals surface area (Å²) in [6.07, 6.45) is 2.13. The molecular formula is C6H13N2V-. The van der Waals surface area contributed by atoms with Crippen molar-refractivity contribution < 1.29 is 18.6 Å². The summed E-state index contributed by atoms with van der Waals surface area (Å²) in [5.74, 6) is 0. The van der Waals surface area contributed by atoms with Gasteiger partial charge < -0.3 is 10.6 Å². The van der Waals surface area contributed by atoms with Crippen LogP contribution in [-0.4, -0.2) is 31.1 Å². The maximum absolute atomic E-state index is 7.34. The summed E-state index contributed by atoms with van der Waals surface area (Å²) in [6, 6.07) is 0.228. The standard InChI is InChI=1S/C6H13N2.V/c1-8-4-2-6(7)3-5-8;/h6-7H,2-5H2,1H3;/q-1;. The van der Waals surface area contributed by atoms with E-state index in [0.29, 0.717) is 0 Å². The molecule has 0 saturated carbocycles. The van der Waals surface area contributed by atoms with E-state index in [9.17, 15) is 0 Å². The minimum absolute atomic E-state index is 0. The van der Waals surface area contributed by atoms with Crippen LogP contribution in [0.5, 0.6) is 0 Å². The van der Waals surface area contributed by atoms with E-state index in [1.165, 1.54) is 0 Å². The summed E-state index contributed by atoms with van der Waals surface area (Å²) in [7, 11) is 2.12. The molecule has 0 spiro atoms. The molecule has 53 valence electrons. The minimum Gasteiger partial charge on any atom is -0.675 e. The van der Waals surface area contributed by atoms with E-state index >= 15 is 0 Å². The van der Waals surface area contributed by atoms with Crippen LogP contribution in [-0.2, 0) is 18.6 Å². The van der Waals surface area contributed by atoms with E-state index in [1.54, 1.807) is 0 Å². The zero-order valence-corrected chi connectivity index (χ0v) is 7.20. The molecule has 1 N–H and O–H groups in total. The average molecular weight is 164 g/mol. The molecule has 1 rings (SSSR count). The Balaban J connectivity index is 0.000000640.